The van der Waals surface area contributed by atoms with Gasteiger partial charge >= 0.3 is 0 Å². The first-order valence-corrected chi connectivity index (χ1v) is 10.5. The molecule has 4 rings (SSSR count). The van der Waals surface area contributed by atoms with Gasteiger partial charge in [-0.25, -0.2) is 0 Å². The maximum atomic E-state index is 13.7. The number of hydrogen-bond donors (Lipinski definition) is 0. The summed E-state index contributed by atoms with van der Waals surface area (Å²) in [7, 11) is 1.92. The molecule has 0 spiro atoms. The molecule has 0 aliphatic carbocycles. The number of fused-ring (bicyclic) bond motifs is 1. The minimum atomic E-state index is -0.516. The van der Waals surface area contributed by atoms with Gasteiger partial charge < -0.3 is 9.64 Å². The van der Waals surface area contributed by atoms with E-state index in [1.165, 1.54) is 16.3 Å². The molecular weight excluding hydrogens is 414 g/mol. The quantitative estimate of drug-likeness (QED) is 0.553. The highest BCUT2D eigenvalue weighted by molar-refractivity contribution is 9.10. The van der Waals surface area contributed by atoms with Crippen molar-refractivity contribution in [1.29, 1.82) is 0 Å². The van der Waals surface area contributed by atoms with Crippen LogP contribution in [0.4, 0.5) is 0 Å². The number of halogens is 1. The van der Waals surface area contributed by atoms with Crippen LogP contribution >= 0.6 is 15.9 Å². The largest absolute Gasteiger partial charge is 0.381 e. The van der Waals surface area contributed by atoms with E-state index >= 15 is 0 Å². The molecule has 1 heterocycles. The maximum Gasteiger partial charge on any atom is 0.233 e. The lowest BCUT2D eigenvalue weighted by molar-refractivity contribution is -0.140. The minimum absolute atomic E-state index is 0.172. The van der Waals surface area contributed by atoms with E-state index in [2.05, 4.69) is 64.5 Å². The molecule has 0 saturated carbocycles. The molecular formula is C24H24BrNO2. The summed E-state index contributed by atoms with van der Waals surface area (Å²) in [6.45, 7) is 1.83. The molecule has 3 nitrogen and oxygen atoms in total. The van der Waals surface area contributed by atoms with Crippen molar-refractivity contribution in [2.75, 3.05) is 20.3 Å². The molecule has 0 N–H and O–H groups in total. The Balaban J connectivity index is 1.65. The Kier molecular flexibility index (Phi) is 5.51. The van der Waals surface area contributed by atoms with Crippen LogP contribution in [0.3, 0.4) is 0 Å². The van der Waals surface area contributed by atoms with Gasteiger partial charge in [0.05, 0.1) is 5.41 Å². The van der Waals surface area contributed by atoms with E-state index < -0.39 is 5.41 Å². The molecule has 1 amide bonds. The molecule has 0 aromatic heterocycles. The predicted octanol–water partition coefficient (Wildman–Crippen LogP) is 5.31. The van der Waals surface area contributed by atoms with Crippen molar-refractivity contribution >= 4 is 32.6 Å². The summed E-state index contributed by atoms with van der Waals surface area (Å²) in [5.41, 5.74) is 1.74. The average molecular weight is 438 g/mol. The van der Waals surface area contributed by atoms with Gasteiger partial charge in [-0.15, -0.1) is 0 Å². The maximum absolute atomic E-state index is 13.7. The van der Waals surface area contributed by atoms with Crippen LogP contribution in [0.25, 0.3) is 10.8 Å². The van der Waals surface area contributed by atoms with Gasteiger partial charge in [0, 0.05) is 31.3 Å². The summed E-state index contributed by atoms with van der Waals surface area (Å²) >= 11 is 3.50. The first kappa shape index (κ1) is 19.2. The van der Waals surface area contributed by atoms with Crippen LogP contribution in [-0.2, 0) is 21.5 Å². The van der Waals surface area contributed by atoms with Crippen molar-refractivity contribution in [3.05, 3.63) is 82.3 Å². The molecule has 3 aromatic rings. The molecule has 0 atom stereocenters. The van der Waals surface area contributed by atoms with Crippen molar-refractivity contribution in [2.24, 2.45) is 0 Å². The SMILES string of the molecule is CN(Cc1cccc2ccccc12)C(=O)C1(c2ccc(Br)cc2)CCOCC1. The Hall–Kier alpha value is -2.17. The minimum Gasteiger partial charge on any atom is -0.381 e. The van der Waals surface area contributed by atoms with Crippen molar-refractivity contribution in [3.8, 4) is 0 Å². The van der Waals surface area contributed by atoms with Gasteiger partial charge in [-0.3, -0.25) is 4.79 Å². The van der Waals surface area contributed by atoms with E-state index in [0.717, 1.165) is 10.0 Å². The molecule has 28 heavy (non-hydrogen) atoms. The zero-order chi connectivity index (χ0) is 19.6. The monoisotopic (exact) mass is 437 g/mol. The van der Waals surface area contributed by atoms with Crippen LogP contribution < -0.4 is 0 Å². The number of rotatable bonds is 4. The highest BCUT2D eigenvalue weighted by Crippen LogP contribution is 2.37. The number of benzene rings is 3. The van der Waals surface area contributed by atoms with Gasteiger partial charge in [-0.2, -0.15) is 0 Å². The fourth-order valence-electron chi connectivity index (χ4n) is 4.24. The van der Waals surface area contributed by atoms with E-state index in [-0.39, 0.29) is 5.91 Å². The van der Waals surface area contributed by atoms with Crippen LogP contribution in [0.15, 0.2) is 71.2 Å². The van der Waals surface area contributed by atoms with Gasteiger partial charge in [0.25, 0.3) is 0 Å². The second-order valence-electron chi connectivity index (χ2n) is 7.50. The van der Waals surface area contributed by atoms with Gasteiger partial charge in [0.1, 0.15) is 0 Å². The summed E-state index contributed by atoms with van der Waals surface area (Å²) in [4.78, 5) is 15.6. The Morgan fingerprint density at radius 2 is 1.68 bits per heavy atom. The number of carbonyl (C=O) groups excluding carboxylic acids is 1. The molecule has 1 aliphatic heterocycles. The lowest BCUT2D eigenvalue weighted by Gasteiger charge is -2.39. The molecule has 4 heteroatoms. The van der Waals surface area contributed by atoms with Crippen LogP contribution in [0.1, 0.15) is 24.0 Å². The first-order chi connectivity index (χ1) is 13.6. The fourth-order valence-corrected chi connectivity index (χ4v) is 4.50. The zero-order valence-electron chi connectivity index (χ0n) is 16.0. The van der Waals surface area contributed by atoms with E-state index in [1.807, 2.05) is 30.1 Å². The van der Waals surface area contributed by atoms with Crippen molar-refractivity contribution in [1.82, 2.24) is 4.90 Å². The second kappa shape index (κ2) is 8.06. The van der Waals surface area contributed by atoms with Crippen LogP contribution in [0.2, 0.25) is 0 Å². The van der Waals surface area contributed by atoms with E-state index in [0.29, 0.717) is 32.6 Å². The molecule has 1 fully saturated rings. The van der Waals surface area contributed by atoms with Crippen molar-refractivity contribution < 1.29 is 9.53 Å². The Morgan fingerprint density at radius 3 is 2.43 bits per heavy atom. The van der Waals surface area contributed by atoms with Crippen LogP contribution in [0, 0.1) is 0 Å². The molecule has 3 aromatic carbocycles. The molecule has 0 bridgehead atoms. The summed E-state index contributed by atoms with van der Waals surface area (Å²) in [5.74, 6) is 0.172. The summed E-state index contributed by atoms with van der Waals surface area (Å²) < 4.78 is 6.62. The first-order valence-electron chi connectivity index (χ1n) is 9.66. The predicted molar refractivity (Wildman–Crippen MR) is 116 cm³/mol. The molecule has 144 valence electrons. The highest BCUT2D eigenvalue weighted by Gasteiger charge is 2.43. The van der Waals surface area contributed by atoms with Gasteiger partial charge in [0.2, 0.25) is 5.91 Å². The zero-order valence-corrected chi connectivity index (χ0v) is 17.6. The molecule has 0 radical (unpaired) electrons. The fraction of sp³-hybridized carbons (Fsp3) is 0.292. The molecule has 1 saturated heterocycles. The second-order valence-corrected chi connectivity index (χ2v) is 8.42. The van der Waals surface area contributed by atoms with Gasteiger partial charge in [-0.1, -0.05) is 70.5 Å². The van der Waals surface area contributed by atoms with E-state index in [1.54, 1.807) is 0 Å². The number of nitrogens with zero attached hydrogens (tertiary/aromatic N) is 1. The van der Waals surface area contributed by atoms with Crippen LogP contribution in [0.5, 0.6) is 0 Å². The topological polar surface area (TPSA) is 29.5 Å². The standard InChI is InChI=1S/C24H24BrNO2/c1-26(17-19-7-4-6-18-5-2-3-8-22(18)19)23(27)24(13-15-28-16-14-24)20-9-11-21(25)12-10-20/h2-12H,13-17H2,1H3. The Labute approximate surface area is 174 Å². The van der Waals surface area contributed by atoms with E-state index in [4.69, 9.17) is 4.74 Å². The third-order valence-electron chi connectivity index (χ3n) is 5.79. The third kappa shape index (κ3) is 3.59. The smallest absolute Gasteiger partial charge is 0.233 e. The van der Waals surface area contributed by atoms with Crippen molar-refractivity contribution in [2.45, 2.75) is 24.8 Å². The molecule has 1 aliphatic rings. The van der Waals surface area contributed by atoms with E-state index in [9.17, 15) is 4.79 Å². The summed E-state index contributed by atoms with van der Waals surface area (Å²) in [6, 6.07) is 22.8. The van der Waals surface area contributed by atoms with Gasteiger partial charge in [0.15, 0.2) is 0 Å². The highest BCUT2D eigenvalue weighted by atomic mass is 79.9. The Bertz CT molecular complexity index is 972. The summed E-state index contributed by atoms with van der Waals surface area (Å²) in [6.07, 6.45) is 1.43. The number of likely N-dealkylation sites (N-methyl/N-ethyl adjacent to an activating group) is 1. The summed E-state index contributed by atoms with van der Waals surface area (Å²) in [5, 5.41) is 2.41. The van der Waals surface area contributed by atoms with Crippen LogP contribution in [-0.4, -0.2) is 31.1 Å². The normalized spacial score (nSPS) is 16.1. The molecule has 0 unspecified atom stereocenters. The van der Waals surface area contributed by atoms with Gasteiger partial charge in [-0.05, 0) is 46.9 Å². The number of carbonyl (C=O) groups is 1. The lowest BCUT2D eigenvalue weighted by Crippen LogP contribution is -2.48. The average Bonchev–Trinajstić information content (AvgIpc) is 2.74. The lowest BCUT2D eigenvalue weighted by atomic mass is 9.73. The number of ether oxygens (including phenoxy) is 1. The third-order valence-corrected chi connectivity index (χ3v) is 6.32. The van der Waals surface area contributed by atoms with Crippen molar-refractivity contribution in [3.63, 3.8) is 0 Å². The number of hydrogen-bond acceptors (Lipinski definition) is 2. The Morgan fingerprint density at radius 1 is 1.00 bits per heavy atom. The number of amides is 1.